The molecule has 1 aromatic heterocycles. The molecule has 116 valence electrons. The standard InChI is InChI=1S/C14H15BrN4O3/c1-3-12(18-8-10(15)7-16-18)14(20)17-11-5-4-9(2)6-13(11)19(21)22/h4-8,12H,3H2,1-2H3,(H,17,20). The third-order valence-corrected chi connectivity index (χ3v) is 3.60. The summed E-state index contributed by atoms with van der Waals surface area (Å²) in [6.45, 7) is 3.61. The Morgan fingerprint density at radius 1 is 1.55 bits per heavy atom. The molecule has 2 rings (SSSR count). The van der Waals surface area contributed by atoms with Gasteiger partial charge in [-0.15, -0.1) is 0 Å². The van der Waals surface area contributed by atoms with Gasteiger partial charge in [0.25, 0.3) is 5.69 Å². The maximum absolute atomic E-state index is 12.4. The van der Waals surface area contributed by atoms with Gasteiger partial charge >= 0.3 is 0 Å². The highest BCUT2D eigenvalue weighted by molar-refractivity contribution is 9.10. The van der Waals surface area contributed by atoms with Gasteiger partial charge in [0.2, 0.25) is 5.91 Å². The second-order valence-corrected chi connectivity index (χ2v) is 5.75. The van der Waals surface area contributed by atoms with Crippen molar-refractivity contribution >= 4 is 33.2 Å². The van der Waals surface area contributed by atoms with Crippen LogP contribution in [0.4, 0.5) is 11.4 Å². The predicted molar refractivity (Wildman–Crippen MR) is 85.7 cm³/mol. The van der Waals surface area contributed by atoms with Gasteiger partial charge in [0.1, 0.15) is 11.7 Å². The van der Waals surface area contributed by atoms with Crippen LogP contribution in [0.2, 0.25) is 0 Å². The van der Waals surface area contributed by atoms with E-state index < -0.39 is 11.0 Å². The summed E-state index contributed by atoms with van der Waals surface area (Å²) in [5.74, 6) is -0.343. The van der Waals surface area contributed by atoms with E-state index in [-0.39, 0.29) is 17.3 Å². The zero-order valence-electron chi connectivity index (χ0n) is 12.1. The summed E-state index contributed by atoms with van der Waals surface area (Å²) in [5, 5.41) is 17.8. The van der Waals surface area contributed by atoms with Crippen molar-refractivity contribution in [3.8, 4) is 0 Å². The van der Waals surface area contributed by atoms with E-state index in [2.05, 4.69) is 26.3 Å². The molecule has 1 unspecified atom stereocenters. The minimum Gasteiger partial charge on any atom is -0.318 e. The van der Waals surface area contributed by atoms with E-state index in [0.717, 1.165) is 10.0 Å². The highest BCUT2D eigenvalue weighted by Crippen LogP contribution is 2.26. The lowest BCUT2D eigenvalue weighted by atomic mass is 10.1. The Kier molecular flexibility index (Phi) is 4.92. The van der Waals surface area contributed by atoms with Crippen LogP contribution in [0.3, 0.4) is 0 Å². The molecule has 22 heavy (non-hydrogen) atoms. The third-order valence-electron chi connectivity index (χ3n) is 3.19. The van der Waals surface area contributed by atoms with Crippen LogP contribution in [-0.4, -0.2) is 20.6 Å². The number of hydrogen-bond acceptors (Lipinski definition) is 4. The van der Waals surface area contributed by atoms with Crippen LogP contribution in [0.5, 0.6) is 0 Å². The summed E-state index contributed by atoms with van der Waals surface area (Å²) in [6, 6.07) is 4.15. The fourth-order valence-corrected chi connectivity index (χ4v) is 2.39. The van der Waals surface area contributed by atoms with E-state index in [1.165, 1.54) is 16.8 Å². The summed E-state index contributed by atoms with van der Waals surface area (Å²) in [7, 11) is 0. The number of amides is 1. The predicted octanol–water partition coefficient (Wildman–Crippen LogP) is 3.45. The quantitative estimate of drug-likeness (QED) is 0.647. The number of hydrogen-bond donors (Lipinski definition) is 1. The minimum atomic E-state index is -0.535. The molecule has 7 nitrogen and oxygen atoms in total. The van der Waals surface area contributed by atoms with Gasteiger partial charge in [-0.2, -0.15) is 5.10 Å². The van der Waals surface area contributed by atoms with Crippen LogP contribution in [0.1, 0.15) is 24.9 Å². The van der Waals surface area contributed by atoms with E-state index in [4.69, 9.17) is 0 Å². The molecule has 1 amide bonds. The van der Waals surface area contributed by atoms with E-state index in [9.17, 15) is 14.9 Å². The number of nitrogens with one attached hydrogen (secondary N) is 1. The molecular weight excluding hydrogens is 352 g/mol. The average Bonchev–Trinajstić information content (AvgIpc) is 2.87. The van der Waals surface area contributed by atoms with Crippen molar-refractivity contribution in [2.45, 2.75) is 26.3 Å². The monoisotopic (exact) mass is 366 g/mol. The Labute approximate surface area is 135 Å². The molecule has 0 aliphatic carbocycles. The molecule has 0 fully saturated rings. The molecule has 0 aliphatic heterocycles. The summed E-state index contributed by atoms with van der Waals surface area (Å²) in [6.07, 6.45) is 3.79. The van der Waals surface area contributed by atoms with E-state index in [0.29, 0.717) is 6.42 Å². The first-order chi connectivity index (χ1) is 10.4. The summed E-state index contributed by atoms with van der Waals surface area (Å²) >= 11 is 3.28. The van der Waals surface area contributed by atoms with Crippen LogP contribution in [0, 0.1) is 17.0 Å². The van der Waals surface area contributed by atoms with Crippen molar-refractivity contribution in [2.24, 2.45) is 0 Å². The van der Waals surface area contributed by atoms with Crippen molar-refractivity contribution in [2.75, 3.05) is 5.32 Å². The van der Waals surface area contributed by atoms with Gasteiger partial charge in [0.15, 0.2) is 0 Å². The lowest BCUT2D eigenvalue weighted by Gasteiger charge is -2.15. The van der Waals surface area contributed by atoms with Crippen molar-refractivity contribution in [3.63, 3.8) is 0 Å². The van der Waals surface area contributed by atoms with Crippen LogP contribution < -0.4 is 5.32 Å². The van der Waals surface area contributed by atoms with Gasteiger partial charge in [-0.25, -0.2) is 0 Å². The molecule has 1 atom stereocenters. The molecule has 0 saturated heterocycles. The minimum absolute atomic E-state index is 0.121. The average molecular weight is 367 g/mol. The van der Waals surface area contributed by atoms with Crippen molar-refractivity contribution in [1.29, 1.82) is 0 Å². The molecule has 1 heterocycles. The molecule has 0 bridgehead atoms. The van der Waals surface area contributed by atoms with Gasteiger partial charge in [0.05, 0.1) is 15.6 Å². The van der Waals surface area contributed by atoms with Crippen LogP contribution in [0.25, 0.3) is 0 Å². The van der Waals surface area contributed by atoms with Gasteiger partial charge in [-0.1, -0.05) is 13.0 Å². The Morgan fingerprint density at radius 3 is 2.82 bits per heavy atom. The second-order valence-electron chi connectivity index (χ2n) is 4.83. The number of halogens is 1. The van der Waals surface area contributed by atoms with Gasteiger partial charge < -0.3 is 5.32 Å². The Balaban J connectivity index is 2.26. The smallest absolute Gasteiger partial charge is 0.293 e. The fraction of sp³-hybridized carbons (Fsp3) is 0.286. The summed E-state index contributed by atoms with van der Waals surface area (Å²) in [4.78, 5) is 23.0. The van der Waals surface area contributed by atoms with Crippen molar-refractivity contribution in [3.05, 3.63) is 50.7 Å². The molecular formula is C14H15BrN4O3. The van der Waals surface area contributed by atoms with Crippen LogP contribution >= 0.6 is 15.9 Å². The number of carbonyl (C=O) groups excluding carboxylic acids is 1. The number of carbonyl (C=O) groups is 1. The fourth-order valence-electron chi connectivity index (χ4n) is 2.09. The maximum atomic E-state index is 12.4. The molecule has 1 aromatic carbocycles. The molecule has 0 saturated carbocycles. The van der Waals surface area contributed by atoms with E-state index >= 15 is 0 Å². The zero-order chi connectivity index (χ0) is 16.3. The normalized spacial score (nSPS) is 12.0. The molecule has 2 aromatic rings. The molecule has 0 radical (unpaired) electrons. The number of nitrogens with zero attached hydrogens (tertiary/aromatic N) is 3. The first-order valence-electron chi connectivity index (χ1n) is 6.68. The Bertz CT molecular complexity index is 714. The maximum Gasteiger partial charge on any atom is 0.293 e. The Morgan fingerprint density at radius 2 is 2.27 bits per heavy atom. The molecule has 8 heteroatoms. The third kappa shape index (κ3) is 3.51. The number of anilines is 1. The van der Waals surface area contributed by atoms with Crippen LogP contribution in [0.15, 0.2) is 35.1 Å². The largest absolute Gasteiger partial charge is 0.318 e. The van der Waals surface area contributed by atoms with Crippen LogP contribution in [-0.2, 0) is 4.79 Å². The number of aromatic nitrogens is 2. The van der Waals surface area contributed by atoms with Gasteiger partial charge in [-0.05, 0) is 40.9 Å². The van der Waals surface area contributed by atoms with Gasteiger partial charge in [0, 0.05) is 12.3 Å². The summed E-state index contributed by atoms with van der Waals surface area (Å²) < 4.78 is 2.29. The van der Waals surface area contributed by atoms with Gasteiger partial charge in [-0.3, -0.25) is 19.6 Å². The number of nitro benzene ring substituents is 1. The lowest BCUT2D eigenvalue weighted by molar-refractivity contribution is -0.384. The van der Waals surface area contributed by atoms with E-state index in [1.54, 1.807) is 25.4 Å². The molecule has 0 aliphatic rings. The number of benzene rings is 1. The lowest BCUT2D eigenvalue weighted by Crippen LogP contribution is -2.26. The number of aryl methyl sites for hydroxylation is 1. The number of nitro groups is 1. The second kappa shape index (κ2) is 6.69. The zero-order valence-corrected chi connectivity index (χ0v) is 13.7. The first kappa shape index (κ1) is 16.2. The SMILES string of the molecule is CCC(C(=O)Nc1ccc(C)cc1[N+](=O)[O-])n1cc(Br)cn1. The van der Waals surface area contributed by atoms with Crippen molar-refractivity contribution < 1.29 is 9.72 Å². The summed E-state index contributed by atoms with van der Waals surface area (Å²) in [5.41, 5.74) is 0.822. The first-order valence-corrected chi connectivity index (χ1v) is 7.47. The highest BCUT2D eigenvalue weighted by atomic mass is 79.9. The highest BCUT2D eigenvalue weighted by Gasteiger charge is 2.23. The molecule has 1 N–H and O–H groups in total. The Hall–Kier alpha value is -2.22. The topological polar surface area (TPSA) is 90.1 Å². The number of rotatable bonds is 5. The van der Waals surface area contributed by atoms with Crippen molar-refractivity contribution in [1.82, 2.24) is 9.78 Å². The molecule has 0 spiro atoms. The van der Waals surface area contributed by atoms with E-state index in [1.807, 2.05) is 6.92 Å².